The van der Waals surface area contributed by atoms with E-state index >= 15 is 0 Å². The Morgan fingerprint density at radius 3 is 2.68 bits per heavy atom. The first-order chi connectivity index (χ1) is 9.10. The Balaban J connectivity index is 2.01. The fourth-order valence-electron chi connectivity index (χ4n) is 2.40. The molecule has 0 bridgehead atoms. The summed E-state index contributed by atoms with van der Waals surface area (Å²) in [6, 6.07) is 7.01. The number of aliphatic carboxylic acids is 1. The van der Waals surface area contributed by atoms with E-state index in [-0.39, 0.29) is 0 Å². The van der Waals surface area contributed by atoms with Crippen molar-refractivity contribution in [2.24, 2.45) is 0 Å². The molecule has 0 saturated carbocycles. The molecular formula is C14H19NO4. The van der Waals surface area contributed by atoms with Crippen molar-refractivity contribution in [1.82, 2.24) is 4.90 Å². The van der Waals surface area contributed by atoms with Gasteiger partial charge in [0.2, 0.25) is 0 Å². The summed E-state index contributed by atoms with van der Waals surface area (Å²) >= 11 is 0. The van der Waals surface area contributed by atoms with Gasteiger partial charge in [-0.3, -0.25) is 9.69 Å². The minimum absolute atomic E-state index is 0.298. The predicted molar refractivity (Wildman–Crippen MR) is 70.1 cm³/mol. The minimum Gasteiger partial charge on any atom is -0.494 e. The molecule has 0 aliphatic carbocycles. The number of hydrogen-bond donors (Lipinski definition) is 2. The summed E-state index contributed by atoms with van der Waals surface area (Å²) in [7, 11) is 0. The van der Waals surface area contributed by atoms with Gasteiger partial charge >= 0.3 is 5.97 Å². The Bertz CT molecular complexity index is 432. The van der Waals surface area contributed by atoms with Crippen LogP contribution in [0.5, 0.6) is 5.75 Å². The number of rotatable bonds is 5. The first-order valence-corrected chi connectivity index (χ1v) is 6.46. The molecule has 1 aromatic rings. The Hall–Kier alpha value is -1.59. The molecule has 0 amide bonds. The third-order valence-electron chi connectivity index (χ3n) is 3.29. The molecule has 5 heteroatoms. The molecule has 2 N–H and O–H groups in total. The highest BCUT2D eigenvalue weighted by atomic mass is 16.5. The van der Waals surface area contributed by atoms with Crippen LogP contribution in [-0.2, 0) is 11.3 Å². The Morgan fingerprint density at radius 1 is 1.42 bits per heavy atom. The zero-order chi connectivity index (χ0) is 13.8. The third-order valence-corrected chi connectivity index (χ3v) is 3.29. The highest BCUT2D eigenvalue weighted by Crippen LogP contribution is 2.22. The zero-order valence-electron chi connectivity index (χ0n) is 11.0. The maximum absolute atomic E-state index is 11.1. The van der Waals surface area contributed by atoms with Crippen LogP contribution in [0, 0.1) is 0 Å². The summed E-state index contributed by atoms with van der Waals surface area (Å²) in [6.07, 6.45) is -0.254. The van der Waals surface area contributed by atoms with E-state index in [4.69, 9.17) is 9.84 Å². The van der Waals surface area contributed by atoms with Gasteiger partial charge in [-0.1, -0.05) is 12.1 Å². The zero-order valence-corrected chi connectivity index (χ0v) is 11.0. The van der Waals surface area contributed by atoms with Crippen molar-refractivity contribution in [3.8, 4) is 5.75 Å². The van der Waals surface area contributed by atoms with Crippen molar-refractivity contribution in [2.75, 3.05) is 13.2 Å². The SMILES string of the molecule is CCOc1ccc(CN2C[C@H](O)C[C@@H]2C(=O)O)cc1. The molecule has 0 aromatic heterocycles. The summed E-state index contributed by atoms with van der Waals surface area (Å²) in [5, 5.41) is 18.7. The van der Waals surface area contributed by atoms with E-state index in [2.05, 4.69) is 0 Å². The largest absolute Gasteiger partial charge is 0.494 e. The Kier molecular flexibility index (Phi) is 4.39. The van der Waals surface area contributed by atoms with E-state index in [9.17, 15) is 9.90 Å². The van der Waals surface area contributed by atoms with Crippen molar-refractivity contribution < 1.29 is 19.7 Å². The fourth-order valence-corrected chi connectivity index (χ4v) is 2.40. The number of carbonyl (C=O) groups is 1. The number of ether oxygens (including phenoxy) is 1. The summed E-state index contributed by atoms with van der Waals surface area (Å²) in [5.41, 5.74) is 1.02. The van der Waals surface area contributed by atoms with Gasteiger partial charge in [0.25, 0.3) is 0 Å². The normalized spacial score (nSPS) is 23.5. The first-order valence-electron chi connectivity index (χ1n) is 6.46. The van der Waals surface area contributed by atoms with E-state index in [0.717, 1.165) is 11.3 Å². The van der Waals surface area contributed by atoms with Gasteiger partial charge in [0.1, 0.15) is 11.8 Å². The molecule has 1 saturated heterocycles. The first kappa shape index (κ1) is 13.8. The van der Waals surface area contributed by atoms with Crippen LogP contribution < -0.4 is 4.74 Å². The fraction of sp³-hybridized carbons (Fsp3) is 0.500. The van der Waals surface area contributed by atoms with Gasteiger partial charge in [0, 0.05) is 19.5 Å². The van der Waals surface area contributed by atoms with E-state index < -0.39 is 18.1 Å². The lowest BCUT2D eigenvalue weighted by Gasteiger charge is -2.20. The molecule has 0 spiro atoms. The van der Waals surface area contributed by atoms with Crippen LogP contribution in [0.1, 0.15) is 18.9 Å². The second-order valence-electron chi connectivity index (χ2n) is 4.75. The summed E-state index contributed by atoms with van der Waals surface area (Å²) in [6.45, 7) is 3.49. The quantitative estimate of drug-likeness (QED) is 0.834. The van der Waals surface area contributed by atoms with E-state index in [1.807, 2.05) is 31.2 Å². The van der Waals surface area contributed by atoms with Gasteiger partial charge in [-0.2, -0.15) is 0 Å². The number of β-amino-alcohol motifs (C(OH)–C–C–N with tert-alkyl or cyclic N) is 1. The van der Waals surface area contributed by atoms with E-state index in [1.165, 1.54) is 0 Å². The van der Waals surface area contributed by atoms with Crippen LogP contribution in [-0.4, -0.2) is 46.4 Å². The number of hydrogen-bond acceptors (Lipinski definition) is 4. The number of carboxylic acid groups (broad SMARTS) is 1. The molecule has 1 aliphatic heterocycles. The Labute approximate surface area is 112 Å². The summed E-state index contributed by atoms with van der Waals surface area (Å²) in [4.78, 5) is 12.9. The highest BCUT2D eigenvalue weighted by molar-refractivity contribution is 5.74. The topological polar surface area (TPSA) is 70.0 Å². The van der Waals surface area contributed by atoms with Gasteiger partial charge < -0.3 is 14.9 Å². The molecule has 19 heavy (non-hydrogen) atoms. The lowest BCUT2D eigenvalue weighted by molar-refractivity contribution is -0.142. The van der Waals surface area contributed by atoms with Gasteiger partial charge in [-0.25, -0.2) is 0 Å². The molecule has 1 aliphatic rings. The number of carboxylic acids is 1. The van der Waals surface area contributed by atoms with Crippen LogP contribution in [0.3, 0.4) is 0 Å². The van der Waals surface area contributed by atoms with Crippen molar-refractivity contribution in [2.45, 2.75) is 32.0 Å². The molecule has 1 fully saturated rings. The maximum atomic E-state index is 11.1. The minimum atomic E-state index is -0.873. The second kappa shape index (κ2) is 6.04. The number of aliphatic hydroxyl groups excluding tert-OH is 1. The molecule has 104 valence electrons. The summed E-state index contributed by atoms with van der Waals surface area (Å²) in [5.74, 6) is -0.0648. The van der Waals surface area contributed by atoms with Crippen LogP contribution in [0.15, 0.2) is 24.3 Å². The Morgan fingerprint density at radius 2 is 2.11 bits per heavy atom. The highest BCUT2D eigenvalue weighted by Gasteiger charge is 2.35. The van der Waals surface area contributed by atoms with Crippen LogP contribution in [0.25, 0.3) is 0 Å². The van der Waals surface area contributed by atoms with Gasteiger partial charge in [0.05, 0.1) is 12.7 Å². The number of benzene rings is 1. The monoisotopic (exact) mass is 265 g/mol. The average Bonchev–Trinajstić information content (AvgIpc) is 2.73. The van der Waals surface area contributed by atoms with Crippen molar-refractivity contribution >= 4 is 5.97 Å². The standard InChI is InChI=1S/C14H19NO4/c1-2-19-12-5-3-10(4-6-12)8-15-9-11(16)7-13(15)14(17)18/h3-6,11,13,16H,2,7-9H2,1H3,(H,17,18)/t11-,13-/m1/s1. The van der Waals surface area contributed by atoms with Crippen LogP contribution in [0.2, 0.25) is 0 Å². The van der Waals surface area contributed by atoms with E-state index in [1.54, 1.807) is 4.90 Å². The molecule has 2 atom stereocenters. The van der Waals surface area contributed by atoms with Gasteiger partial charge in [-0.05, 0) is 24.6 Å². The molecule has 5 nitrogen and oxygen atoms in total. The molecule has 0 radical (unpaired) electrons. The lowest BCUT2D eigenvalue weighted by Crippen LogP contribution is -2.35. The summed E-state index contributed by atoms with van der Waals surface area (Å²) < 4.78 is 5.36. The van der Waals surface area contributed by atoms with Crippen molar-refractivity contribution in [3.05, 3.63) is 29.8 Å². The maximum Gasteiger partial charge on any atom is 0.321 e. The molecule has 0 unspecified atom stereocenters. The van der Waals surface area contributed by atoms with Crippen LogP contribution in [0.4, 0.5) is 0 Å². The van der Waals surface area contributed by atoms with Gasteiger partial charge in [0.15, 0.2) is 0 Å². The molecule has 1 heterocycles. The molecule has 2 rings (SSSR count). The molecule has 1 aromatic carbocycles. The predicted octanol–water partition coefficient (Wildman–Crippen LogP) is 1.11. The smallest absolute Gasteiger partial charge is 0.321 e. The van der Waals surface area contributed by atoms with E-state index in [0.29, 0.717) is 26.1 Å². The van der Waals surface area contributed by atoms with Crippen molar-refractivity contribution in [1.29, 1.82) is 0 Å². The third kappa shape index (κ3) is 3.45. The van der Waals surface area contributed by atoms with Gasteiger partial charge in [-0.15, -0.1) is 0 Å². The second-order valence-corrected chi connectivity index (χ2v) is 4.75. The average molecular weight is 265 g/mol. The van der Waals surface area contributed by atoms with Crippen molar-refractivity contribution in [3.63, 3.8) is 0 Å². The molecular weight excluding hydrogens is 246 g/mol. The number of aliphatic hydroxyl groups is 1. The number of nitrogens with zero attached hydrogens (tertiary/aromatic N) is 1. The van der Waals surface area contributed by atoms with Crippen LogP contribution >= 0.6 is 0 Å². The number of likely N-dealkylation sites (tertiary alicyclic amines) is 1. The lowest BCUT2D eigenvalue weighted by atomic mass is 10.1.